The number of hydrogen-bond donors (Lipinski definition) is 0. The molecule has 0 saturated carbocycles. The largest absolute Gasteiger partial charge is 0.327 e. The molecule has 0 N–H and O–H groups in total. The van der Waals surface area contributed by atoms with Gasteiger partial charge in [-0.3, -0.25) is 0 Å². The second-order valence-corrected chi connectivity index (χ2v) is 7.06. The van der Waals surface area contributed by atoms with Gasteiger partial charge in [0.2, 0.25) is 0 Å². The molecular formula is C26H18N4. The second-order valence-electron chi connectivity index (χ2n) is 7.06. The predicted octanol–water partition coefficient (Wildman–Crippen LogP) is 4.26. The van der Waals surface area contributed by atoms with E-state index in [9.17, 15) is 0 Å². The Balaban J connectivity index is 1.81. The van der Waals surface area contributed by atoms with Crippen LogP contribution in [0.2, 0.25) is 0 Å². The van der Waals surface area contributed by atoms with Crippen LogP contribution in [0, 0.1) is 23.7 Å². The molecule has 5 rings (SSSR count). The summed E-state index contributed by atoms with van der Waals surface area (Å²) in [5, 5.41) is 4.34. The highest BCUT2D eigenvalue weighted by Gasteiger charge is 2.11. The first-order chi connectivity index (χ1) is 14.7. The van der Waals surface area contributed by atoms with Crippen molar-refractivity contribution < 1.29 is 0 Å². The SMILES string of the molecule is Cn1ccnc1C#Cc1c2ccccc2c(C#Cc2nccn2C)c2ccccc12. The fourth-order valence-electron chi connectivity index (χ4n) is 3.61. The Hall–Kier alpha value is -4.28. The molecule has 142 valence electrons. The van der Waals surface area contributed by atoms with E-state index in [1.54, 1.807) is 12.4 Å². The lowest BCUT2D eigenvalue weighted by atomic mass is 9.92. The van der Waals surface area contributed by atoms with E-state index in [1.165, 1.54) is 0 Å². The molecule has 3 aromatic carbocycles. The summed E-state index contributed by atoms with van der Waals surface area (Å²) in [6.07, 6.45) is 7.32. The normalized spacial score (nSPS) is 10.5. The number of rotatable bonds is 0. The van der Waals surface area contributed by atoms with Crippen LogP contribution in [0.15, 0.2) is 73.3 Å². The fraction of sp³-hybridized carbons (Fsp3) is 0.0769. The summed E-state index contributed by atoms with van der Waals surface area (Å²) in [7, 11) is 3.90. The lowest BCUT2D eigenvalue weighted by Gasteiger charge is -2.10. The molecule has 0 unspecified atom stereocenters. The van der Waals surface area contributed by atoms with Crippen molar-refractivity contribution in [2.24, 2.45) is 14.1 Å². The first-order valence-electron chi connectivity index (χ1n) is 9.64. The summed E-state index contributed by atoms with van der Waals surface area (Å²) in [5.74, 6) is 14.7. The van der Waals surface area contributed by atoms with Gasteiger partial charge in [-0.05, 0) is 33.4 Å². The van der Waals surface area contributed by atoms with Crippen molar-refractivity contribution in [2.45, 2.75) is 0 Å². The smallest absolute Gasteiger partial charge is 0.185 e. The highest BCUT2D eigenvalue weighted by Crippen LogP contribution is 2.32. The maximum atomic E-state index is 4.33. The monoisotopic (exact) mass is 386 g/mol. The van der Waals surface area contributed by atoms with E-state index >= 15 is 0 Å². The van der Waals surface area contributed by atoms with E-state index in [1.807, 2.05) is 59.9 Å². The van der Waals surface area contributed by atoms with Crippen molar-refractivity contribution in [1.82, 2.24) is 19.1 Å². The van der Waals surface area contributed by atoms with Crippen molar-refractivity contribution in [3.8, 4) is 23.7 Å². The molecule has 0 fully saturated rings. The average molecular weight is 386 g/mol. The molecule has 30 heavy (non-hydrogen) atoms. The Morgan fingerprint density at radius 2 is 0.933 bits per heavy atom. The van der Waals surface area contributed by atoms with Gasteiger partial charge in [0.05, 0.1) is 0 Å². The highest BCUT2D eigenvalue weighted by atomic mass is 15.0. The Labute approximate surface area is 174 Å². The van der Waals surface area contributed by atoms with Crippen molar-refractivity contribution >= 4 is 21.5 Å². The summed E-state index contributed by atoms with van der Waals surface area (Å²) >= 11 is 0. The third-order valence-corrected chi connectivity index (χ3v) is 5.17. The van der Waals surface area contributed by atoms with Gasteiger partial charge in [0, 0.05) is 50.0 Å². The van der Waals surface area contributed by atoms with E-state index in [2.05, 4.69) is 57.9 Å². The number of fused-ring (bicyclic) bond motifs is 2. The van der Waals surface area contributed by atoms with Gasteiger partial charge in [-0.25, -0.2) is 9.97 Å². The third kappa shape index (κ3) is 3.02. The first kappa shape index (κ1) is 17.8. The van der Waals surface area contributed by atoms with Crippen LogP contribution in [-0.2, 0) is 14.1 Å². The van der Waals surface area contributed by atoms with Crippen LogP contribution in [-0.4, -0.2) is 19.1 Å². The lowest BCUT2D eigenvalue weighted by molar-refractivity contribution is 0.893. The number of benzene rings is 3. The molecule has 0 amide bonds. The van der Waals surface area contributed by atoms with Crippen molar-refractivity contribution in [3.05, 3.63) is 96.1 Å². The van der Waals surface area contributed by atoms with Gasteiger partial charge in [-0.2, -0.15) is 0 Å². The molecule has 0 atom stereocenters. The van der Waals surface area contributed by atoms with Gasteiger partial charge < -0.3 is 9.13 Å². The standard InChI is InChI=1S/C26H18N4/c1-29-17-15-27-25(29)13-11-23-19-7-3-5-9-21(19)24(22-10-6-4-8-20(22)23)12-14-26-28-16-18-30(26)2/h3-10,15-18H,1-2H3. The molecular weight excluding hydrogens is 368 g/mol. The summed E-state index contributed by atoms with van der Waals surface area (Å²) in [6, 6.07) is 16.6. The van der Waals surface area contributed by atoms with Crippen LogP contribution < -0.4 is 0 Å². The molecule has 4 nitrogen and oxygen atoms in total. The molecule has 4 heteroatoms. The van der Waals surface area contributed by atoms with Crippen LogP contribution in [0.1, 0.15) is 22.8 Å². The van der Waals surface area contributed by atoms with Gasteiger partial charge in [0.1, 0.15) is 0 Å². The minimum Gasteiger partial charge on any atom is -0.327 e. The molecule has 0 radical (unpaired) electrons. The zero-order valence-electron chi connectivity index (χ0n) is 16.7. The summed E-state index contributed by atoms with van der Waals surface area (Å²) in [6.45, 7) is 0. The van der Waals surface area contributed by atoms with E-state index in [0.717, 1.165) is 44.3 Å². The van der Waals surface area contributed by atoms with Gasteiger partial charge in [0.25, 0.3) is 0 Å². The summed E-state index contributed by atoms with van der Waals surface area (Å²) in [5.41, 5.74) is 1.98. The van der Waals surface area contributed by atoms with Gasteiger partial charge in [-0.15, -0.1) is 0 Å². The molecule has 5 aromatic rings. The topological polar surface area (TPSA) is 35.6 Å². The third-order valence-electron chi connectivity index (χ3n) is 5.17. The maximum Gasteiger partial charge on any atom is 0.185 e. The Morgan fingerprint density at radius 3 is 1.23 bits per heavy atom. The van der Waals surface area contributed by atoms with Gasteiger partial charge in [-0.1, -0.05) is 60.4 Å². The second kappa shape index (κ2) is 7.28. The zero-order chi connectivity index (χ0) is 20.5. The van der Waals surface area contributed by atoms with E-state index in [-0.39, 0.29) is 0 Å². The highest BCUT2D eigenvalue weighted by molar-refractivity contribution is 6.09. The molecule has 0 saturated heterocycles. The van der Waals surface area contributed by atoms with Gasteiger partial charge >= 0.3 is 0 Å². The predicted molar refractivity (Wildman–Crippen MR) is 120 cm³/mol. The Kier molecular flexibility index (Phi) is 4.32. The van der Waals surface area contributed by atoms with E-state index in [0.29, 0.717) is 0 Å². The summed E-state index contributed by atoms with van der Waals surface area (Å²) in [4.78, 5) is 8.66. The number of imidazole rings is 2. The van der Waals surface area contributed by atoms with Crippen molar-refractivity contribution in [1.29, 1.82) is 0 Å². The Bertz CT molecular complexity index is 1350. The lowest BCUT2D eigenvalue weighted by Crippen LogP contribution is -1.93. The Morgan fingerprint density at radius 1 is 0.567 bits per heavy atom. The summed E-state index contributed by atoms with van der Waals surface area (Å²) < 4.78 is 3.84. The molecule has 0 bridgehead atoms. The van der Waals surface area contributed by atoms with Crippen molar-refractivity contribution in [3.63, 3.8) is 0 Å². The molecule has 0 aliphatic heterocycles. The first-order valence-corrected chi connectivity index (χ1v) is 9.64. The fourth-order valence-corrected chi connectivity index (χ4v) is 3.61. The minimum absolute atomic E-state index is 0.738. The minimum atomic E-state index is 0.738. The molecule has 2 heterocycles. The number of hydrogen-bond acceptors (Lipinski definition) is 2. The molecule has 0 aliphatic carbocycles. The molecule has 2 aromatic heterocycles. The van der Waals surface area contributed by atoms with Crippen LogP contribution in [0.25, 0.3) is 21.5 Å². The molecule has 0 aliphatic rings. The maximum absolute atomic E-state index is 4.33. The molecule has 0 spiro atoms. The van der Waals surface area contributed by atoms with Crippen LogP contribution in [0.5, 0.6) is 0 Å². The number of aryl methyl sites for hydroxylation is 2. The van der Waals surface area contributed by atoms with E-state index < -0.39 is 0 Å². The number of nitrogens with zero attached hydrogens (tertiary/aromatic N) is 4. The van der Waals surface area contributed by atoms with Crippen LogP contribution >= 0.6 is 0 Å². The quantitative estimate of drug-likeness (QED) is 0.294. The average Bonchev–Trinajstić information content (AvgIpc) is 3.38. The van der Waals surface area contributed by atoms with Crippen LogP contribution in [0.4, 0.5) is 0 Å². The van der Waals surface area contributed by atoms with Crippen molar-refractivity contribution in [2.75, 3.05) is 0 Å². The van der Waals surface area contributed by atoms with Gasteiger partial charge in [0.15, 0.2) is 11.6 Å². The zero-order valence-corrected chi connectivity index (χ0v) is 16.7. The number of aromatic nitrogens is 4. The van der Waals surface area contributed by atoms with E-state index in [4.69, 9.17) is 0 Å². The van der Waals surface area contributed by atoms with Crippen LogP contribution in [0.3, 0.4) is 0 Å².